The lowest BCUT2D eigenvalue weighted by molar-refractivity contribution is 0.0492. The van der Waals surface area contributed by atoms with Gasteiger partial charge in [0, 0.05) is 6.04 Å². The van der Waals surface area contributed by atoms with Gasteiger partial charge in [0.25, 0.3) is 5.91 Å². The molecule has 0 spiro atoms. The third-order valence-electron chi connectivity index (χ3n) is 5.91. The molecule has 5 N–H and O–H groups in total. The fraction of sp³-hybridized carbons (Fsp3) is 0.440. The molecule has 2 atom stereocenters. The van der Waals surface area contributed by atoms with E-state index < -0.39 is 29.5 Å². The molecule has 12 nitrogen and oxygen atoms in total. The summed E-state index contributed by atoms with van der Waals surface area (Å²) in [7, 11) is 0. The van der Waals surface area contributed by atoms with E-state index in [1.54, 1.807) is 40.0 Å². The highest BCUT2D eigenvalue weighted by molar-refractivity contribution is 5.98. The van der Waals surface area contributed by atoms with Crippen LogP contribution in [0.15, 0.2) is 30.7 Å². The van der Waals surface area contributed by atoms with Crippen LogP contribution in [0.2, 0.25) is 0 Å². The lowest BCUT2D eigenvalue weighted by Gasteiger charge is -2.28. The number of halogens is 1. The number of pyridine rings is 2. The fourth-order valence-electron chi connectivity index (χ4n) is 4.00. The summed E-state index contributed by atoms with van der Waals surface area (Å²) in [5, 5.41) is 17.2. The second-order valence-electron chi connectivity index (χ2n) is 10.3. The van der Waals surface area contributed by atoms with Crippen molar-refractivity contribution in [2.45, 2.75) is 65.1 Å². The minimum absolute atomic E-state index is 0.0432. The largest absolute Gasteiger partial charge is 0.444 e. The normalized spacial score (nSPS) is 14.9. The Kier molecular flexibility index (Phi) is 7.46. The van der Waals surface area contributed by atoms with Crippen molar-refractivity contribution >= 4 is 29.3 Å². The number of alkyl carbamates (subject to hydrolysis) is 1. The minimum atomic E-state index is -0.852. The van der Waals surface area contributed by atoms with Crippen LogP contribution in [0, 0.1) is 18.7 Å². The summed E-state index contributed by atoms with van der Waals surface area (Å²) in [4.78, 5) is 34.6. The van der Waals surface area contributed by atoms with Crippen molar-refractivity contribution < 1.29 is 18.7 Å². The summed E-state index contributed by atoms with van der Waals surface area (Å²) < 4.78 is 20.4. The molecule has 0 bridgehead atoms. The van der Waals surface area contributed by atoms with Crippen molar-refractivity contribution in [2.24, 2.45) is 11.7 Å². The summed E-state index contributed by atoms with van der Waals surface area (Å²) in [5.74, 6) is -1.44. The predicted molar refractivity (Wildman–Crippen MR) is 139 cm³/mol. The van der Waals surface area contributed by atoms with Crippen LogP contribution in [0.25, 0.3) is 5.69 Å². The number of hydrogen-bond donors (Lipinski definition) is 4. The zero-order chi connectivity index (χ0) is 27.6. The van der Waals surface area contributed by atoms with E-state index in [4.69, 9.17) is 10.5 Å². The average Bonchev–Trinajstić information content (AvgIpc) is 3.52. The summed E-state index contributed by atoms with van der Waals surface area (Å²) in [6.45, 7) is 8.98. The van der Waals surface area contributed by atoms with E-state index in [2.05, 4.69) is 36.1 Å². The Bertz CT molecular complexity index is 1320. The minimum Gasteiger partial charge on any atom is -0.444 e. The van der Waals surface area contributed by atoms with E-state index >= 15 is 4.39 Å². The van der Waals surface area contributed by atoms with E-state index in [1.165, 1.54) is 17.2 Å². The number of carbonyl (C=O) groups excluding carboxylic acids is 2. The smallest absolute Gasteiger partial charge is 0.407 e. The van der Waals surface area contributed by atoms with Gasteiger partial charge in [-0.3, -0.25) is 9.78 Å². The predicted octanol–water partition coefficient (Wildman–Crippen LogP) is 3.45. The molecule has 0 aliphatic heterocycles. The number of amides is 2. The summed E-state index contributed by atoms with van der Waals surface area (Å²) in [5.41, 5.74) is 6.48. The number of aryl methyl sites for hydroxylation is 1. The number of rotatable bonds is 9. The highest BCUT2D eigenvalue weighted by atomic mass is 19.1. The molecule has 0 saturated heterocycles. The molecule has 0 aromatic carbocycles. The molecule has 1 saturated carbocycles. The maximum absolute atomic E-state index is 15.1. The van der Waals surface area contributed by atoms with Gasteiger partial charge in [0.15, 0.2) is 11.6 Å². The van der Waals surface area contributed by atoms with Crippen LogP contribution in [0.4, 0.5) is 26.5 Å². The maximum Gasteiger partial charge on any atom is 0.407 e. The first-order chi connectivity index (χ1) is 17.9. The van der Waals surface area contributed by atoms with Crippen molar-refractivity contribution in [1.82, 2.24) is 30.3 Å². The maximum atomic E-state index is 15.1. The Morgan fingerprint density at radius 3 is 2.47 bits per heavy atom. The number of nitrogens with one attached hydrogen (secondary N) is 3. The third kappa shape index (κ3) is 6.52. The second-order valence-corrected chi connectivity index (χ2v) is 10.3. The molecule has 202 valence electrons. The molecule has 0 unspecified atom stereocenters. The number of anilines is 3. The molecule has 3 aromatic heterocycles. The summed E-state index contributed by atoms with van der Waals surface area (Å²) in [6, 6.07) is 2.03. The first kappa shape index (κ1) is 26.8. The Morgan fingerprint density at radius 1 is 1.18 bits per heavy atom. The number of primary amides is 1. The average molecular weight is 526 g/mol. The molecule has 4 rings (SSSR count). The van der Waals surface area contributed by atoms with Crippen molar-refractivity contribution in [1.29, 1.82) is 0 Å². The zero-order valence-corrected chi connectivity index (χ0v) is 21.9. The van der Waals surface area contributed by atoms with Gasteiger partial charge in [0.2, 0.25) is 0 Å². The third-order valence-corrected chi connectivity index (χ3v) is 5.91. The van der Waals surface area contributed by atoms with Crippen molar-refractivity contribution in [3.63, 3.8) is 0 Å². The molecule has 3 aromatic rings. The van der Waals surface area contributed by atoms with E-state index in [0.29, 0.717) is 17.1 Å². The van der Waals surface area contributed by atoms with Gasteiger partial charge in [-0.2, -0.15) is 10.2 Å². The molecule has 13 heteroatoms. The first-order valence-electron chi connectivity index (χ1n) is 12.3. The molecular formula is C25H32FN9O3. The quantitative estimate of drug-likeness (QED) is 0.328. The van der Waals surface area contributed by atoms with Crippen LogP contribution in [-0.4, -0.2) is 54.6 Å². The number of nitrogens with zero attached hydrogens (tertiary/aromatic N) is 5. The van der Waals surface area contributed by atoms with Crippen LogP contribution in [0.5, 0.6) is 0 Å². The Hall–Kier alpha value is -4.29. The van der Waals surface area contributed by atoms with Gasteiger partial charge in [-0.1, -0.05) is 0 Å². The van der Waals surface area contributed by atoms with Gasteiger partial charge in [-0.25, -0.2) is 14.2 Å². The molecular weight excluding hydrogens is 493 g/mol. The highest BCUT2D eigenvalue weighted by Gasteiger charge is 2.37. The van der Waals surface area contributed by atoms with Gasteiger partial charge in [0.05, 0.1) is 41.6 Å². The lowest BCUT2D eigenvalue weighted by atomic mass is 10.1. The van der Waals surface area contributed by atoms with Gasteiger partial charge < -0.3 is 26.4 Å². The van der Waals surface area contributed by atoms with Gasteiger partial charge in [-0.05, 0) is 65.5 Å². The molecule has 3 heterocycles. The first-order valence-corrected chi connectivity index (χ1v) is 12.3. The highest BCUT2D eigenvalue weighted by Crippen LogP contribution is 2.35. The van der Waals surface area contributed by atoms with Crippen molar-refractivity contribution in [3.05, 3.63) is 47.8 Å². The Labute approximate surface area is 219 Å². The van der Waals surface area contributed by atoms with Crippen LogP contribution >= 0.6 is 0 Å². The van der Waals surface area contributed by atoms with Crippen LogP contribution in [-0.2, 0) is 4.74 Å². The standard InChI is InChI=1S/C25H32FN9O3/c1-13-19(35-29-8-9-30-35)10-16(12-28-13)32-22-17(21(27)36)11-18(26)23(34-22)31-14(2)20(15-6-7-15)33-24(37)38-25(3,4)5/h8-12,14-15,20H,6-7H2,1-5H3,(H2,27,36)(H,33,37)(H2,31,32,34)/t14-,20-/m1/s1. The monoisotopic (exact) mass is 525 g/mol. The van der Waals surface area contributed by atoms with Crippen LogP contribution in [0.1, 0.15) is 56.6 Å². The van der Waals surface area contributed by atoms with Crippen LogP contribution < -0.4 is 21.7 Å². The second kappa shape index (κ2) is 10.6. The number of hydrogen-bond acceptors (Lipinski definition) is 9. The van der Waals surface area contributed by atoms with Crippen molar-refractivity contribution in [2.75, 3.05) is 10.6 Å². The molecule has 2 amide bonds. The van der Waals surface area contributed by atoms with E-state index in [0.717, 1.165) is 18.9 Å². The Morgan fingerprint density at radius 2 is 1.87 bits per heavy atom. The Balaban J connectivity index is 1.58. The van der Waals surface area contributed by atoms with Gasteiger partial charge >= 0.3 is 6.09 Å². The lowest BCUT2D eigenvalue weighted by Crippen LogP contribution is -2.48. The molecule has 38 heavy (non-hydrogen) atoms. The SMILES string of the molecule is Cc1ncc(Nc2nc(N[C@H](C)[C@@H](NC(=O)OC(C)(C)C)C3CC3)c(F)cc2C(N)=O)cc1-n1nccn1. The van der Waals surface area contributed by atoms with Crippen molar-refractivity contribution in [3.8, 4) is 5.69 Å². The van der Waals surface area contributed by atoms with E-state index in [1.807, 2.05) is 6.92 Å². The summed E-state index contributed by atoms with van der Waals surface area (Å²) in [6.07, 6.45) is 5.95. The molecule has 1 aliphatic rings. The van der Waals surface area contributed by atoms with Gasteiger partial charge in [0.1, 0.15) is 17.1 Å². The number of ether oxygens (including phenoxy) is 1. The van der Waals surface area contributed by atoms with Gasteiger partial charge in [-0.15, -0.1) is 4.80 Å². The van der Waals surface area contributed by atoms with E-state index in [-0.39, 0.29) is 29.2 Å². The van der Waals surface area contributed by atoms with Crippen LogP contribution in [0.3, 0.4) is 0 Å². The molecule has 1 fully saturated rings. The number of aromatic nitrogens is 5. The van der Waals surface area contributed by atoms with E-state index in [9.17, 15) is 9.59 Å². The number of carbonyl (C=O) groups is 2. The summed E-state index contributed by atoms with van der Waals surface area (Å²) >= 11 is 0. The fourth-order valence-corrected chi connectivity index (χ4v) is 4.00. The zero-order valence-electron chi connectivity index (χ0n) is 21.9. The molecule has 0 radical (unpaired) electrons. The topological polar surface area (TPSA) is 162 Å². The number of nitrogens with two attached hydrogens (primary N) is 1. The molecule has 1 aliphatic carbocycles.